The van der Waals surface area contributed by atoms with Crippen LogP contribution in [0.1, 0.15) is 22.8 Å². The number of rotatable bonds is 8. The van der Waals surface area contributed by atoms with E-state index in [1.807, 2.05) is 0 Å². The summed E-state index contributed by atoms with van der Waals surface area (Å²) in [5.74, 6) is -3.18. The lowest BCUT2D eigenvalue weighted by Gasteiger charge is -2.26. The Morgan fingerprint density at radius 2 is 2.19 bits per heavy atom. The van der Waals surface area contributed by atoms with Gasteiger partial charge in [-0.1, -0.05) is 11.6 Å². The van der Waals surface area contributed by atoms with Gasteiger partial charge in [0.05, 0.1) is 46.9 Å². The molecule has 0 atom stereocenters. The lowest BCUT2D eigenvalue weighted by Crippen LogP contribution is -2.37. The molecular formula is C22H24ClFN4O3. The molecule has 0 radical (unpaired) electrons. The highest BCUT2D eigenvalue weighted by molar-refractivity contribution is 6.31. The van der Waals surface area contributed by atoms with Crippen LogP contribution in [0.2, 0.25) is 5.02 Å². The molecule has 1 aliphatic rings. The number of fused-ring (bicyclic) bond motifs is 1. The highest BCUT2D eigenvalue weighted by Crippen LogP contribution is 2.35. The topological polar surface area (TPSA) is 68.7 Å². The summed E-state index contributed by atoms with van der Waals surface area (Å²) in [7, 11) is -3.27. The fraction of sp³-hybridized carbons (Fsp3) is 0.364. The quantitative estimate of drug-likeness (QED) is 0.540. The van der Waals surface area contributed by atoms with Crippen LogP contribution in [0.5, 0.6) is 11.5 Å². The van der Waals surface area contributed by atoms with E-state index < -0.39 is 73.1 Å². The summed E-state index contributed by atoms with van der Waals surface area (Å²) in [4.78, 5) is 8.72. The van der Waals surface area contributed by atoms with Crippen molar-refractivity contribution < 1.29 is 35.1 Å². The van der Waals surface area contributed by atoms with Crippen molar-refractivity contribution in [1.29, 1.82) is 0 Å². The van der Waals surface area contributed by atoms with E-state index in [9.17, 15) is 4.39 Å². The fourth-order valence-corrected chi connectivity index (χ4v) is 2.87. The molecule has 0 amide bonds. The molecule has 0 unspecified atom stereocenters. The summed E-state index contributed by atoms with van der Waals surface area (Å²) in [6.07, 6.45) is -4.15. The van der Waals surface area contributed by atoms with Crippen molar-refractivity contribution in [3.05, 3.63) is 47.4 Å². The van der Waals surface area contributed by atoms with Crippen LogP contribution < -0.4 is 14.8 Å². The summed E-state index contributed by atoms with van der Waals surface area (Å²) >= 11 is 5.84. The predicted molar refractivity (Wildman–Crippen MR) is 118 cm³/mol. The van der Waals surface area contributed by atoms with Crippen molar-refractivity contribution in [2.45, 2.75) is 6.37 Å². The van der Waals surface area contributed by atoms with Crippen LogP contribution >= 0.6 is 11.6 Å². The Kier molecular flexibility index (Phi) is 3.66. The minimum absolute atomic E-state index is 0.0623. The molecule has 1 saturated heterocycles. The number of ether oxygens (including phenoxy) is 3. The maximum Gasteiger partial charge on any atom is 0.162 e. The molecule has 3 aromatic rings. The molecule has 0 bridgehead atoms. The minimum atomic E-state index is -3.61. The molecule has 1 aromatic heterocycles. The standard InChI is InChI=1S/C22H24ClFN4O3/c1-29-20-13-19-16(12-21(20)31-8-2-5-28-6-9-30-10-7-28)22(26-14-25-19)27-15-3-4-18(24)17(23)11-15/h3-4,11-14H,2,5-10H2,1H3,(H,25,26,27)/i1D3,2D2,5D2,8D2,12D,13D,14D. The Labute approximate surface area is 202 Å². The molecular weight excluding hydrogens is 423 g/mol. The molecule has 0 spiro atoms. The molecule has 31 heavy (non-hydrogen) atoms. The van der Waals surface area contributed by atoms with Gasteiger partial charge in [-0.25, -0.2) is 14.4 Å². The van der Waals surface area contributed by atoms with Crippen LogP contribution in [0, 0.1) is 5.82 Å². The summed E-state index contributed by atoms with van der Waals surface area (Å²) in [5.41, 5.74) is -0.369. The third-order valence-corrected chi connectivity index (χ3v) is 4.48. The Bertz CT molecular complexity index is 1540. The van der Waals surface area contributed by atoms with E-state index in [1.165, 1.54) is 6.07 Å². The molecule has 4 rings (SSSR count). The van der Waals surface area contributed by atoms with Gasteiger partial charge in [0.1, 0.15) is 19.3 Å². The third-order valence-electron chi connectivity index (χ3n) is 4.19. The van der Waals surface area contributed by atoms with Crippen LogP contribution in [-0.4, -0.2) is 61.3 Å². The molecule has 164 valence electrons. The second-order valence-electron chi connectivity index (χ2n) is 6.20. The van der Waals surface area contributed by atoms with E-state index in [-0.39, 0.29) is 42.8 Å². The number of nitrogens with one attached hydrogen (secondary N) is 1. The van der Waals surface area contributed by atoms with Gasteiger partial charge >= 0.3 is 0 Å². The molecule has 1 fully saturated rings. The van der Waals surface area contributed by atoms with Crippen LogP contribution in [0.4, 0.5) is 15.9 Å². The first-order valence-electron chi connectivity index (χ1n) is 15.0. The second-order valence-corrected chi connectivity index (χ2v) is 6.61. The van der Waals surface area contributed by atoms with Gasteiger partial charge in [0, 0.05) is 42.2 Å². The van der Waals surface area contributed by atoms with E-state index in [0.717, 1.165) is 17.0 Å². The smallest absolute Gasteiger partial charge is 0.162 e. The first-order valence-corrected chi connectivity index (χ1v) is 9.39. The number of hydrogen-bond acceptors (Lipinski definition) is 7. The summed E-state index contributed by atoms with van der Waals surface area (Å²) in [5, 5.41) is 2.01. The van der Waals surface area contributed by atoms with Crippen LogP contribution in [0.15, 0.2) is 36.6 Å². The number of methoxy groups -OCH3 is 1. The van der Waals surface area contributed by atoms with Gasteiger partial charge in [-0.05, 0) is 30.6 Å². The third kappa shape index (κ3) is 5.33. The molecule has 1 aliphatic heterocycles. The number of aromatic nitrogens is 2. The second kappa shape index (κ2) is 10.1. The van der Waals surface area contributed by atoms with Crippen molar-refractivity contribution in [3.63, 3.8) is 0 Å². The monoisotopic (exact) mass is 458 g/mol. The Morgan fingerprint density at radius 1 is 1.32 bits per heavy atom. The predicted octanol–water partition coefficient (Wildman–Crippen LogP) is 4.28. The molecule has 0 saturated carbocycles. The van der Waals surface area contributed by atoms with Crippen LogP contribution in [-0.2, 0) is 4.74 Å². The normalized spacial score (nSPS) is 22.0. The van der Waals surface area contributed by atoms with Gasteiger partial charge < -0.3 is 19.5 Å². The van der Waals surface area contributed by atoms with E-state index in [4.69, 9.17) is 42.3 Å². The van der Waals surface area contributed by atoms with Crippen molar-refractivity contribution in [3.8, 4) is 11.5 Å². The van der Waals surface area contributed by atoms with Gasteiger partial charge in [-0.3, -0.25) is 4.90 Å². The van der Waals surface area contributed by atoms with Crippen LogP contribution in [0.25, 0.3) is 10.9 Å². The number of nitrogens with zero attached hydrogens (tertiary/aromatic N) is 3. The Hall–Kier alpha value is -2.68. The molecule has 1 N–H and O–H groups in total. The van der Waals surface area contributed by atoms with Crippen LogP contribution in [0.3, 0.4) is 0 Å². The van der Waals surface area contributed by atoms with Gasteiger partial charge in [-0.2, -0.15) is 0 Å². The molecule has 2 heterocycles. The zero-order valence-electron chi connectivity index (χ0n) is 27.9. The van der Waals surface area contributed by atoms with Gasteiger partial charge in [0.2, 0.25) is 0 Å². The average molecular weight is 459 g/mol. The number of morpholine rings is 1. The number of hydrogen-bond donors (Lipinski definition) is 1. The first kappa shape index (κ1) is 11.3. The van der Waals surface area contributed by atoms with Crippen molar-refractivity contribution in [1.82, 2.24) is 14.9 Å². The van der Waals surface area contributed by atoms with E-state index in [1.54, 1.807) is 0 Å². The summed E-state index contributed by atoms with van der Waals surface area (Å²) in [6.45, 7) is -6.61. The average Bonchev–Trinajstić information content (AvgIpc) is 2.90. The van der Waals surface area contributed by atoms with Gasteiger partial charge in [0.15, 0.2) is 11.5 Å². The lowest BCUT2D eigenvalue weighted by atomic mass is 10.2. The maximum atomic E-state index is 13.7. The minimum Gasteiger partial charge on any atom is -0.493 e. The summed E-state index contributed by atoms with van der Waals surface area (Å²) < 4.78 is 128. The maximum absolute atomic E-state index is 13.7. The van der Waals surface area contributed by atoms with Crippen molar-refractivity contribution in [2.24, 2.45) is 0 Å². The van der Waals surface area contributed by atoms with E-state index >= 15 is 0 Å². The first-order chi connectivity index (χ1) is 19.8. The van der Waals surface area contributed by atoms with Gasteiger partial charge in [0.25, 0.3) is 0 Å². The Morgan fingerprint density at radius 3 is 3.00 bits per heavy atom. The molecule has 9 heteroatoms. The molecule has 7 nitrogen and oxygen atoms in total. The Balaban J connectivity index is 1.91. The summed E-state index contributed by atoms with van der Waals surface area (Å²) in [6, 6.07) is 1.66. The zero-order chi connectivity index (χ0) is 32.1. The number of anilines is 2. The SMILES string of the molecule is [2H]c1nc(Nc2ccc(F)c(Cl)c2)c2c([2H])c(OC([2H])([2H])C([2H])([2H])C([2H])([2H])N3CCOCC3)c(OC([2H])([2H])[2H])c([2H])c2n1. The van der Waals surface area contributed by atoms with Gasteiger partial charge in [-0.15, -0.1) is 0 Å². The molecule has 0 aliphatic carbocycles. The highest BCUT2D eigenvalue weighted by Gasteiger charge is 2.14. The van der Waals surface area contributed by atoms with E-state index in [2.05, 4.69) is 15.3 Å². The van der Waals surface area contributed by atoms with Crippen molar-refractivity contribution >= 4 is 34.0 Å². The van der Waals surface area contributed by atoms with Crippen molar-refractivity contribution in [2.75, 3.05) is 51.7 Å². The number of benzene rings is 2. The highest BCUT2D eigenvalue weighted by atomic mass is 35.5. The zero-order valence-corrected chi connectivity index (χ0v) is 16.6. The molecule has 2 aromatic carbocycles. The van der Waals surface area contributed by atoms with E-state index in [0.29, 0.717) is 0 Å². The number of halogens is 2. The fourth-order valence-electron chi connectivity index (χ4n) is 2.69. The lowest BCUT2D eigenvalue weighted by molar-refractivity contribution is 0.0357. The largest absolute Gasteiger partial charge is 0.493 e.